The van der Waals surface area contributed by atoms with E-state index in [-0.39, 0.29) is 12.6 Å². The maximum Gasteiger partial charge on any atom is 0.119 e. The molecule has 1 aliphatic heterocycles. The highest BCUT2D eigenvalue weighted by Gasteiger charge is 2.20. The molecule has 1 aromatic rings. The summed E-state index contributed by atoms with van der Waals surface area (Å²) in [6.07, 6.45) is 0. The molecular weight excluding hydrogens is 240 g/mol. The van der Waals surface area contributed by atoms with Crippen LogP contribution in [0.15, 0.2) is 18.2 Å². The number of hydrogen-bond acceptors (Lipinski definition) is 4. The first-order chi connectivity index (χ1) is 9.19. The molecular formula is C15H24N2O2. The highest BCUT2D eigenvalue weighted by molar-refractivity contribution is 5.33. The molecule has 1 atom stereocenters. The maximum atomic E-state index is 9.52. The van der Waals surface area contributed by atoms with Gasteiger partial charge in [0.05, 0.1) is 12.6 Å². The Morgan fingerprint density at radius 2 is 1.84 bits per heavy atom. The van der Waals surface area contributed by atoms with E-state index in [1.807, 2.05) is 12.1 Å². The van der Waals surface area contributed by atoms with Crippen molar-refractivity contribution in [3.05, 3.63) is 29.3 Å². The molecule has 1 heterocycles. The summed E-state index contributed by atoms with van der Waals surface area (Å²) in [5.41, 5.74) is 2.41. The average molecular weight is 264 g/mol. The lowest BCUT2D eigenvalue weighted by molar-refractivity contribution is 0.0734. The molecule has 0 radical (unpaired) electrons. The van der Waals surface area contributed by atoms with E-state index in [2.05, 4.69) is 30.1 Å². The van der Waals surface area contributed by atoms with Gasteiger partial charge in [-0.3, -0.25) is 4.90 Å². The summed E-state index contributed by atoms with van der Waals surface area (Å²) >= 11 is 0. The number of aliphatic hydroxyl groups is 1. The molecule has 2 N–H and O–H groups in total. The molecule has 2 rings (SSSR count). The van der Waals surface area contributed by atoms with Gasteiger partial charge in [0.25, 0.3) is 0 Å². The second-order valence-corrected chi connectivity index (χ2v) is 5.26. The zero-order chi connectivity index (χ0) is 13.7. The molecule has 19 heavy (non-hydrogen) atoms. The Morgan fingerprint density at radius 3 is 2.42 bits per heavy atom. The van der Waals surface area contributed by atoms with Crippen molar-refractivity contribution in [3.8, 4) is 5.75 Å². The number of rotatable bonds is 5. The fraction of sp³-hybridized carbons (Fsp3) is 0.600. The van der Waals surface area contributed by atoms with Crippen LogP contribution in [0.25, 0.3) is 0 Å². The number of ether oxygens (including phenoxy) is 1. The van der Waals surface area contributed by atoms with E-state index in [4.69, 9.17) is 4.74 Å². The summed E-state index contributed by atoms with van der Waals surface area (Å²) in [6, 6.07) is 6.30. The third-order valence-electron chi connectivity index (χ3n) is 3.52. The van der Waals surface area contributed by atoms with E-state index in [9.17, 15) is 5.11 Å². The molecule has 1 fully saturated rings. The Hall–Kier alpha value is -1.10. The Balaban J connectivity index is 1.91. The van der Waals surface area contributed by atoms with Crippen molar-refractivity contribution in [1.29, 1.82) is 0 Å². The van der Waals surface area contributed by atoms with Gasteiger partial charge in [0.1, 0.15) is 12.4 Å². The molecule has 1 aromatic carbocycles. The minimum absolute atomic E-state index is 0.0860. The number of piperazine rings is 1. The van der Waals surface area contributed by atoms with Gasteiger partial charge in [-0.15, -0.1) is 0 Å². The first-order valence-corrected chi connectivity index (χ1v) is 6.96. The van der Waals surface area contributed by atoms with Crippen LogP contribution in [0.4, 0.5) is 0 Å². The predicted molar refractivity (Wildman–Crippen MR) is 76.7 cm³/mol. The van der Waals surface area contributed by atoms with Gasteiger partial charge in [0.15, 0.2) is 0 Å². The van der Waals surface area contributed by atoms with Crippen LogP contribution in [0.2, 0.25) is 0 Å². The van der Waals surface area contributed by atoms with E-state index in [0.717, 1.165) is 31.9 Å². The normalized spacial score (nSPS) is 18.3. The maximum absolute atomic E-state index is 9.52. The summed E-state index contributed by atoms with van der Waals surface area (Å²) in [7, 11) is 0. The lowest BCUT2D eigenvalue weighted by Crippen LogP contribution is -2.51. The van der Waals surface area contributed by atoms with Crippen LogP contribution in [0, 0.1) is 13.8 Å². The molecule has 0 aliphatic carbocycles. The van der Waals surface area contributed by atoms with Crippen molar-refractivity contribution in [3.63, 3.8) is 0 Å². The van der Waals surface area contributed by atoms with Crippen molar-refractivity contribution < 1.29 is 9.84 Å². The summed E-state index contributed by atoms with van der Waals surface area (Å²) in [5.74, 6) is 0.895. The van der Waals surface area contributed by atoms with Gasteiger partial charge in [0.2, 0.25) is 0 Å². The van der Waals surface area contributed by atoms with Gasteiger partial charge >= 0.3 is 0 Å². The summed E-state index contributed by atoms with van der Waals surface area (Å²) in [6.45, 7) is 8.74. The Bertz CT molecular complexity index is 383. The van der Waals surface area contributed by atoms with E-state index in [1.165, 1.54) is 11.1 Å². The predicted octanol–water partition coefficient (Wildman–Crippen LogP) is 0.948. The third kappa shape index (κ3) is 4.20. The highest BCUT2D eigenvalue weighted by atomic mass is 16.5. The minimum atomic E-state index is 0.0860. The van der Waals surface area contributed by atoms with Gasteiger partial charge in [-0.1, -0.05) is 6.07 Å². The molecule has 0 aromatic heterocycles. The van der Waals surface area contributed by atoms with E-state index in [1.54, 1.807) is 0 Å². The number of benzene rings is 1. The first-order valence-electron chi connectivity index (χ1n) is 6.96. The zero-order valence-corrected chi connectivity index (χ0v) is 11.9. The van der Waals surface area contributed by atoms with Crippen LogP contribution in [0.1, 0.15) is 11.1 Å². The van der Waals surface area contributed by atoms with Crippen LogP contribution < -0.4 is 10.1 Å². The van der Waals surface area contributed by atoms with Gasteiger partial charge in [0, 0.05) is 26.2 Å². The summed E-state index contributed by atoms with van der Waals surface area (Å²) in [5, 5.41) is 12.8. The fourth-order valence-corrected chi connectivity index (χ4v) is 2.53. The minimum Gasteiger partial charge on any atom is -0.492 e. The number of hydrogen-bond donors (Lipinski definition) is 2. The molecule has 0 spiro atoms. The third-order valence-corrected chi connectivity index (χ3v) is 3.52. The van der Waals surface area contributed by atoms with E-state index in [0.29, 0.717) is 6.61 Å². The summed E-state index contributed by atoms with van der Waals surface area (Å²) < 4.78 is 5.85. The van der Waals surface area contributed by atoms with Gasteiger partial charge in [-0.2, -0.15) is 0 Å². The van der Waals surface area contributed by atoms with Gasteiger partial charge < -0.3 is 15.2 Å². The van der Waals surface area contributed by atoms with E-state index < -0.39 is 0 Å². The lowest BCUT2D eigenvalue weighted by atomic mass is 10.1. The van der Waals surface area contributed by atoms with Gasteiger partial charge in [-0.05, 0) is 37.1 Å². The highest BCUT2D eigenvalue weighted by Crippen LogP contribution is 2.17. The first kappa shape index (κ1) is 14.3. The molecule has 0 amide bonds. The van der Waals surface area contributed by atoms with Crippen LogP contribution >= 0.6 is 0 Å². The van der Waals surface area contributed by atoms with Gasteiger partial charge in [-0.25, -0.2) is 0 Å². The number of nitrogens with one attached hydrogen (secondary N) is 1. The molecule has 0 bridgehead atoms. The molecule has 4 nitrogen and oxygen atoms in total. The topological polar surface area (TPSA) is 44.7 Å². The SMILES string of the molecule is Cc1cc(C)cc(OCC(CO)N2CCNCC2)c1. The van der Waals surface area contributed by atoms with Crippen LogP contribution in [0.5, 0.6) is 5.75 Å². The number of nitrogens with zero attached hydrogens (tertiary/aromatic N) is 1. The Kier molecular flexibility index (Phi) is 5.19. The monoisotopic (exact) mass is 264 g/mol. The van der Waals surface area contributed by atoms with Crippen LogP contribution in [0.3, 0.4) is 0 Å². The molecule has 4 heteroatoms. The van der Waals surface area contributed by atoms with E-state index >= 15 is 0 Å². The number of aliphatic hydroxyl groups excluding tert-OH is 1. The standard InChI is InChI=1S/C15H24N2O2/c1-12-7-13(2)9-15(8-12)19-11-14(10-18)17-5-3-16-4-6-17/h7-9,14,16,18H,3-6,10-11H2,1-2H3. The fourth-order valence-electron chi connectivity index (χ4n) is 2.53. The largest absolute Gasteiger partial charge is 0.492 e. The quantitative estimate of drug-likeness (QED) is 0.831. The smallest absolute Gasteiger partial charge is 0.119 e. The lowest BCUT2D eigenvalue weighted by Gasteiger charge is -2.33. The number of aryl methyl sites for hydroxylation is 2. The van der Waals surface area contributed by atoms with Crippen molar-refractivity contribution in [2.75, 3.05) is 39.4 Å². The molecule has 1 aliphatic rings. The van der Waals surface area contributed by atoms with Crippen LogP contribution in [-0.2, 0) is 0 Å². The molecule has 1 saturated heterocycles. The van der Waals surface area contributed by atoms with Crippen molar-refractivity contribution in [1.82, 2.24) is 10.2 Å². The van der Waals surface area contributed by atoms with Crippen LogP contribution in [-0.4, -0.2) is 55.4 Å². The molecule has 1 unspecified atom stereocenters. The zero-order valence-electron chi connectivity index (χ0n) is 11.9. The average Bonchev–Trinajstić information content (AvgIpc) is 2.39. The second-order valence-electron chi connectivity index (χ2n) is 5.26. The molecule has 0 saturated carbocycles. The van der Waals surface area contributed by atoms with Crippen molar-refractivity contribution in [2.24, 2.45) is 0 Å². The molecule has 106 valence electrons. The summed E-state index contributed by atoms with van der Waals surface area (Å²) in [4.78, 5) is 2.29. The second kappa shape index (κ2) is 6.89. The Labute approximate surface area is 115 Å². The Morgan fingerprint density at radius 1 is 1.21 bits per heavy atom. The van der Waals surface area contributed by atoms with Crippen molar-refractivity contribution in [2.45, 2.75) is 19.9 Å². The van der Waals surface area contributed by atoms with Crippen molar-refractivity contribution >= 4 is 0 Å².